The maximum absolute atomic E-state index is 14.7. The van der Waals surface area contributed by atoms with Crippen LogP contribution in [0.15, 0.2) is 48.5 Å². The Morgan fingerprint density at radius 2 is 0.890 bits per heavy atom. The van der Waals surface area contributed by atoms with Crippen molar-refractivity contribution in [2.75, 3.05) is 27.2 Å². The van der Waals surface area contributed by atoms with Gasteiger partial charge < -0.3 is 52.3 Å². The Morgan fingerprint density at radius 3 is 1.23 bits per heavy atom. The van der Waals surface area contributed by atoms with E-state index >= 15 is 0 Å². The third kappa shape index (κ3) is 13.1. The van der Waals surface area contributed by atoms with Gasteiger partial charge in [-0.15, -0.1) is 0 Å². The van der Waals surface area contributed by atoms with Gasteiger partial charge in [-0.25, -0.2) is 0 Å². The van der Waals surface area contributed by atoms with E-state index in [2.05, 4.69) is 54.7 Å². The predicted molar refractivity (Wildman–Crippen MR) is 278 cm³/mol. The van der Waals surface area contributed by atoms with Crippen LogP contribution in [-0.2, 0) is 51.2 Å². The number of amides is 8. The Bertz CT molecular complexity index is 2230. The normalized spacial score (nSPS) is 23.6. The number of fused-ring (bicyclic) bond motifs is 2. The number of hydrogen-bond donors (Lipinski definition) is 8. The number of nitrogens with zero attached hydrogens (tertiary/aromatic N) is 2. The Hall–Kier alpha value is -5.88. The minimum absolute atomic E-state index is 0.0492. The highest BCUT2D eigenvalue weighted by Crippen LogP contribution is 2.34. The van der Waals surface area contributed by atoms with Gasteiger partial charge in [0.15, 0.2) is 0 Å². The maximum atomic E-state index is 14.7. The molecule has 0 radical (unpaired) electrons. The highest BCUT2D eigenvalue weighted by atomic mass is 16.2. The number of aryl methyl sites for hydroxylation is 2. The van der Waals surface area contributed by atoms with Crippen molar-refractivity contribution in [3.63, 3.8) is 0 Å². The lowest BCUT2D eigenvalue weighted by atomic mass is 9.85. The van der Waals surface area contributed by atoms with Crippen molar-refractivity contribution in [2.45, 2.75) is 181 Å². The molecule has 18 heteroatoms. The van der Waals surface area contributed by atoms with Crippen LogP contribution in [0.4, 0.5) is 0 Å². The van der Waals surface area contributed by atoms with Crippen LogP contribution in [0.2, 0.25) is 0 Å². The minimum atomic E-state index is -1.71. The second-order valence-corrected chi connectivity index (χ2v) is 23.4. The van der Waals surface area contributed by atoms with Gasteiger partial charge in [0.05, 0.1) is 24.2 Å². The molecule has 2 heterocycles. The van der Waals surface area contributed by atoms with E-state index in [4.69, 9.17) is 0 Å². The summed E-state index contributed by atoms with van der Waals surface area (Å²) in [6.07, 6.45) is 5.06. The summed E-state index contributed by atoms with van der Waals surface area (Å²) in [6, 6.07) is 8.60. The molecule has 0 saturated carbocycles. The fourth-order valence-electron chi connectivity index (χ4n) is 10.5. The van der Waals surface area contributed by atoms with Crippen molar-refractivity contribution in [2.24, 2.45) is 16.2 Å². The van der Waals surface area contributed by atoms with Gasteiger partial charge in [-0.2, -0.15) is 0 Å². The van der Waals surface area contributed by atoms with Gasteiger partial charge in [-0.05, 0) is 126 Å². The first-order chi connectivity index (χ1) is 34.3. The molecule has 0 aromatic heterocycles. The lowest BCUT2D eigenvalue weighted by molar-refractivity contribution is -0.144. The summed E-state index contributed by atoms with van der Waals surface area (Å²) in [5.41, 5.74) is 1.10. The summed E-state index contributed by atoms with van der Waals surface area (Å²) in [4.78, 5) is 117. The van der Waals surface area contributed by atoms with Crippen LogP contribution in [0.5, 0.6) is 0 Å². The fraction of sp³-hybridized carbons (Fsp3) is 0.636. The standard InChI is InChI=1S/C55H82N10O8/c1-31(56-11)45(66)62-43(53(3,4)5)49(70)64-29-35(27-41(64)47(68)60-39-25-17-21-33-19-13-15-23-37(33)39)58-51(72)55(9,10)52(73)59-36-28-42(48(69)61-40-26-18-22-34-20-14-16-24-38(34)40)65(30-36)50(71)44(54(6,7)8)63-46(67)32(2)57-12/h13-16,19-20,23-24,31-32,35-36,39-44,56-57H,17-18,21-22,25-30H2,1-12H3,(H,58,72)(H,59,73)(H,60,68)(H,61,69)(H,62,66)(H,63,67)/t31-,32-,35-,36-,39+,40+,41-,42-,43+,44+/m0/s1. The van der Waals surface area contributed by atoms with Gasteiger partial charge in [-0.3, -0.25) is 38.4 Å². The number of rotatable bonds is 16. The summed E-state index contributed by atoms with van der Waals surface area (Å²) in [7, 11) is 3.29. The van der Waals surface area contributed by atoms with Crippen LogP contribution in [0.1, 0.15) is 142 Å². The van der Waals surface area contributed by atoms with E-state index in [9.17, 15) is 38.4 Å². The summed E-state index contributed by atoms with van der Waals surface area (Å²) in [5.74, 6) is -3.80. The van der Waals surface area contributed by atoms with Gasteiger partial charge in [0.1, 0.15) is 29.6 Å². The van der Waals surface area contributed by atoms with Crippen molar-refractivity contribution in [1.82, 2.24) is 52.3 Å². The smallest absolute Gasteiger partial charge is 0.246 e. The zero-order chi connectivity index (χ0) is 53.7. The fourth-order valence-corrected chi connectivity index (χ4v) is 10.5. The first-order valence-electron chi connectivity index (χ1n) is 26.2. The summed E-state index contributed by atoms with van der Waals surface area (Å²) < 4.78 is 0. The Morgan fingerprint density at radius 1 is 0.534 bits per heavy atom. The van der Waals surface area contributed by atoms with Crippen LogP contribution in [-0.4, -0.2) is 133 Å². The molecule has 400 valence electrons. The second kappa shape index (κ2) is 23.1. The zero-order valence-corrected chi connectivity index (χ0v) is 45.1. The third-order valence-corrected chi connectivity index (χ3v) is 15.4. The molecule has 2 aromatic rings. The van der Waals surface area contributed by atoms with E-state index in [1.807, 2.05) is 77.9 Å². The van der Waals surface area contributed by atoms with Crippen LogP contribution in [0, 0.1) is 16.2 Å². The van der Waals surface area contributed by atoms with Crippen molar-refractivity contribution in [1.29, 1.82) is 0 Å². The third-order valence-electron chi connectivity index (χ3n) is 15.4. The van der Waals surface area contributed by atoms with E-state index in [0.717, 1.165) is 47.9 Å². The van der Waals surface area contributed by atoms with Gasteiger partial charge in [0.25, 0.3) is 0 Å². The summed E-state index contributed by atoms with van der Waals surface area (Å²) >= 11 is 0. The molecule has 8 amide bonds. The molecular weight excluding hydrogens is 929 g/mol. The summed E-state index contributed by atoms with van der Waals surface area (Å²) in [5, 5.41) is 24.0. The highest BCUT2D eigenvalue weighted by molar-refractivity contribution is 6.05. The minimum Gasteiger partial charge on any atom is -0.351 e. The lowest BCUT2D eigenvalue weighted by Gasteiger charge is -2.36. The van der Waals surface area contributed by atoms with Crippen LogP contribution >= 0.6 is 0 Å². The first kappa shape index (κ1) is 56.4. The average molecular weight is 1010 g/mol. The van der Waals surface area contributed by atoms with E-state index in [-0.39, 0.29) is 61.6 Å². The molecule has 8 N–H and O–H groups in total. The Balaban J connectivity index is 1.22. The van der Waals surface area contributed by atoms with Crippen molar-refractivity contribution in [3.8, 4) is 0 Å². The Kier molecular flexibility index (Phi) is 17.9. The molecule has 2 aromatic carbocycles. The topological polar surface area (TPSA) is 239 Å². The second-order valence-electron chi connectivity index (χ2n) is 23.4. The highest BCUT2D eigenvalue weighted by Gasteiger charge is 2.50. The molecular formula is C55H82N10O8. The monoisotopic (exact) mass is 1010 g/mol. The van der Waals surface area contributed by atoms with Gasteiger partial charge in [-0.1, -0.05) is 90.1 Å². The van der Waals surface area contributed by atoms with E-state index in [1.165, 1.54) is 23.6 Å². The number of hydrogen-bond acceptors (Lipinski definition) is 10. The maximum Gasteiger partial charge on any atom is 0.246 e. The van der Waals surface area contributed by atoms with Gasteiger partial charge in [0.2, 0.25) is 47.3 Å². The van der Waals surface area contributed by atoms with Crippen molar-refractivity contribution in [3.05, 3.63) is 70.8 Å². The number of nitrogens with one attached hydrogen (secondary N) is 8. The van der Waals surface area contributed by atoms with Crippen LogP contribution in [0.3, 0.4) is 0 Å². The zero-order valence-electron chi connectivity index (χ0n) is 45.1. The van der Waals surface area contributed by atoms with Gasteiger partial charge >= 0.3 is 0 Å². The number of likely N-dealkylation sites (N-methyl/N-ethyl adjacent to an activating group) is 2. The van der Waals surface area contributed by atoms with Crippen molar-refractivity contribution >= 4 is 47.3 Å². The predicted octanol–water partition coefficient (Wildman–Crippen LogP) is 2.85. The lowest BCUT2D eigenvalue weighted by Crippen LogP contribution is -2.60. The SMILES string of the molecule is CN[C@@H](C)C(=O)N[C@H](C(=O)N1C[C@@H](NC(=O)C(C)(C)C(=O)N[C@H]2C[C@@H](C(=O)N[C@@H]3CCCc4ccccc43)N(C(=O)[C@@H](NC(=O)[C@H](C)NC)C(C)(C)C)C2)C[C@H]1C(=O)N[C@@H]1CCCc2ccccc21)C(C)(C)C. The average Bonchev–Trinajstić information content (AvgIpc) is 3.98. The molecule has 10 atom stereocenters. The molecule has 2 fully saturated rings. The molecule has 2 aliphatic heterocycles. The quantitative estimate of drug-likeness (QED) is 0.115. The first-order valence-corrected chi connectivity index (χ1v) is 26.2. The number of likely N-dealkylation sites (tertiary alicyclic amines) is 2. The molecule has 2 aliphatic carbocycles. The van der Waals surface area contributed by atoms with Crippen molar-refractivity contribution < 1.29 is 38.4 Å². The van der Waals surface area contributed by atoms with Crippen LogP contribution < -0.4 is 42.5 Å². The largest absolute Gasteiger partial charge is 0.351 e. The van der Waals surface area contributed by atoms with Gasteiger partial charge in [0, 0.05) is 25.2 Å². The molecule has 73 heavy (non-hydrogen) atoms. The van der Waals surface area contributed by atoms with E-state index in [1.54, 1.807) is 27.9 Å². The molecule has 0 unspecified atom stereocenters. The molecule has 18 nitrogen and oxygen atoms in total. The Labute approximate surface area is 431 Å². The number of benzene rings is 2. The molecule has 6 rings (SSSR count). The molecule has 0 spiro atoms. The summed E-state index contributed by atoms with van der Waals surface area (Å²) in [6.45, 7) is 17.2. The molecule has 2 saturated heterocycles. The van der Waals surface area contributed by atoms with E-state index < -0.39 is 88.2 Å². The molecule has 4 aliphatic rings. The molecule has 0 bridgehead atoms. The van der Waals surface area contributed by atoms with Crippen LogP contribution in [0.25, 0.3) is 0 Å². The number of carbonyl (C=O) groups excluding carboxylic acids is 8. The van der Waals surface area contributed by atoms with E-state index in [0.29, 0.717) is 12.8 Å². The number of carbonyl (C=O) groups is 8.